The third kappa shape index (κ3) is 4.43. The van der Waals surface area contributed by atoms with Gasteiger partial charge < -0.3 is 25.6 Å². The number of hydrogen-bond acceptors (Lipinski definition) is 4. The molecule has 4 rings (SSSR count). The van der Waals surface area contributed by atoms with Gasteiger partial charge in [-0.3, -0.25) is 4.79 Å². The molecule has 3 amide bonds. The highest BCUT2D eigenvalue weighted by molar-refractivity contribution is 5.96. The highest BCUT2D eigenvalue weighted by atomic mass is 16.5. The van der Waals surface area contributed by atoms with E-state index in [0.29, 0.717) is 29.6 Å². The zero-order valence-electron chi connectivity index (χ0n) is 15.6. The van der Waals surface area contributed by atoms with Crippen LogP contribution in [0.25, 0.3) is 0 Å². The first-order chi connectivity index (χ1) is 13.7. The molecule has 1 fully saturated rings. The van der Waals surface area contributed by atoms with Gasteiger partial charge in [0.05, 0.1) is 5.69 Å². The predicted molar refractivity (Wildman–Crippen MR) is 108 cm³/mol. The Morgan fingerprint density at radius 3 is 2.93 bits per heavy atom. The lowest BCUT2D eigenvalue weighted by Crippen LogP contribution is -2.36. The van der Waals surface area contributed by atoms with Gasteiger partial charge in [0.25, 0.3) is 5.91 Å². The van der Waals surface area contributed by atoms with Gasteiger partial charge in [-0.25, -0.2) is 4.79 Å². The monoisotopic (exact) mass is 380 g/mol. The van der Waals surface area contributed by atoms with Crippen molar-refractivity contribution in [1.82, 2.24) is 10.2 Å². The van der Waals surface area contributed by atoms with Gasteiger partial charge in [0.15, 0.2) is 6.61 Å². The fraction of sp³-hybridized carbons (Fsp3) is 0.333. The molecule has 28 heavy (non-hydrogen) atoms. The molecule has 1 unspecified atom stereocenters. The lowest BCUT2D eigenvalue weighted by molar-refractivity contribution is -0.118. The van der Waals surface area contributed by atoms with Gasteiger partial charge in [-0.05, 0) is 36.6 Å². The maximum Gasteiger partial charge on any atom is 0.319 e. The molecule has 0 saturated carbocycles. The Morgan fingerprint density at radius 2 is 2.07 bits per heavy atom. The Morgan fingerprint density at radius 1 is 1.21 bits per heavy atom. The molecule has 0 aromatic heterocycles. The minimum absolute atomic E-state index is 0.0114. The quantitative estimate of drug-likeness (QED) is 0.745. The number of carbonyl (C=O) groups excluding carboxylic acids is 2. The van der Waals surface area contributed by atoms with Crippen LogP contribution in [-0.2, 0) is 4.79 Å². The average molecular weight is 380 g/mol. The van der Waals surface area contributed by atoms with E-state index in [0.717, 1.165) is 26.1 Å². The van der Waals surface area contributed by atoms with Gasteiger partial charge in [-0.15, -0.1) is 0 Å². The molecular formula is C21H24N4O3. The molecule has 2 aromatic carbocycles. The van der Waals surface area contributed by atoms with Crippen LogP contribution >= 0.6 is 0 Å². The number of carbonyl (C=O) groups is 2. The lowest BCUT2D eigenvalue weighted by Gasteiger charge is -2.19. The summed E-state index contributed by atoms with van der Waals surface area (Å²) in [4.78, 5) is 25.8. The molecular weight excluding hydrogens is 356 g/mol. The normalized spacial score (nSPS) is 18.7. The number of ether oxygens (including phenoxy) is 1. The zero-order chi connectivity index (χ0) is 19.3. The number of likely N-dealkylation sites (tertiary alicyclic amines) is 1. The van der Waals surface area contributed by atoms with E-state index in [1.807, 2.05) is 6.07 Å². The molecule has 2 aromatic rings. The zero-order valence-corrected chi connectivity index (χ0v) is 15.6. The second kappa shape index (κ2) is 8.31. The maximum atomic E-state index is 12.1. The molecule has 2 aliphatic heterocycles. The molecule has 2 heterocycles. The smallest absolute Gasteiger partial charge is 0.319 e. The van der Waals surface area contributed by atoms with Gasteiger partial charge in [0.1, 0.15) is 5.75 Å². The number of urea groups is 1. The summed E-state index contributed by atoms with van der Waals surface area (Å²) >= 11 is 0. The van der Waals surface area contributed by atoms with Crippen molar-refractivity contribution in [3.8, 4) is 5.75 Å². The molecule has 1 saturated heterocycles. The van der Waals surface area contributed by atoms with Crippen LogP contribution in [0.5, 0.6) is 5.75 Å². The number of anilines is 2. The summed E-state index contributed by atoms with van der Waals surface area (Å²) in [5.74, 6) is 0.954. The van der Waals surface area contributed by atoms with Crippen molar-refractivity contribution in [1.29, 1.82) is 0 Å². The summed E-state index contributed by atoms with van der Waals surface area (Å²) in [7, 11) is 0. The van der Waals surface area contributed by atoms with Crippen molar-refractivity contribution in [2.45, 2.75) is 12.3 Å². The second-order valence-electron chi connectivity index (χ2n) is 7.13. The molecule has 7 nitrogen and oxygen atoms in total. The molecule has 146 valence electrons. The average Bonchev–Trinajstić information content (AvgIpc) is 3.18. The van der Waals surface area contributed by atoms with Crippen LogP contribution in [-0.4, -0.2) is 49.6 Å². The molecule has 0 radical (unpaired) electrons. The van der Waals surface area contributed by atoms with Crippen LogP contribution in [0.2, 0.25) is 0 Å². The van der Waals surface area contributed by atoms with Gasteiger partial charge in [-0.2, -0.15) is 0 Å². The third-order valence-corrected chi connectivity index (χ3v) is 5.13. The highest BCUT2D eigenvalue weighted by Gasteiger charge is 2.23. The SMILES string of the molecule is O=C1COc2cc(NC(=O)NCCN3CCC(c4ccccc4)C3)ccc2N1. The van der Waals surface area contributed by atoms with Crippen LogP contribution in [0.15, 0.2) is 48.5 Å². The topological polar surface area (TPSA) is 82.7 Å². The minimum Gasteiger partial charge on any atom is -0.482 e. The summed E-state index contributed by atoms with van der Waals surface area (Å²) in [5.41, 5.74) is 2.63. The van der Waals surface area contributed by atoms with E-state index in [1.165, 1.54) is 5.56 Å². The number of benzene rings is 2. The number of amides is 3. The summed E-state index contributed by atoms with van der Waals surface area (Å²) in [6, 6.07) is 15.5. The standard InChI is InChI=1S/C21H24N4O3/c26-20-14-28-19-12-17(6-7-18(19)24-20)23-21(27)22-9-11-25-10-8-16(13-25)15-4-2-1-3-5-15/h1-7,12,16H,8-11,13-14H2,(H,24,26)(H2,22,23,27). The number of nitrogens with one attached hydrogen (secondary N) is 3. The number of rotatable bonds is 5. The van der Waals surface area contributed by atoms with E-state index < -0.39 is 0 Å². The van der Waals surface area contributed by atoms with Crippen LogP contribution < -0.4 is 20.7 Å². The first kappa shape index (κ1) is 18.3. The third-order valence-electron chi connectivity index (χ3n) is 5.13. The molecule has 3 N–H and O–H groups in total. The molecule has 1 atom stereocenters. The second-order valence-corrected chi connectivity index (χ2v) is 7.13. The van der Waals surface area contributed by atoms with Crippen molar-refractivity contribution in [3.63, 3.8) is 0 Å². The van der Waals surface area contributed by atoms with Crippen molar-refractivity contribution in [2.24, 2.45) is 0 Å². The first-order valence-corrected chi connectivity index (χ1v) is 9.56. The Bertz CT molecular complexity index is 856. The van der Waals surface area contributed by atoms with E-state index in [-0.39, 0.29) is 18.5 Å². The van der Waals surface area contributed by atoms with E-state index in [1.54, 1.807) is 18.2 Å². The van der Waals surface area contributed by atoms with Gasteiger partial charge in [-0.1, -0.05) is 30.3 Å². The summed E-state index contributed by atoms with van der Waals surface area (Å²) in [6.45, 7) is 3.49. The van der Waals surface area contributed by atoms with Crippen molar-refractivity contribution in [2.75, 3.05) is 43.4 Å². The first-order valence-electron chi connectivity index (χ1n) is 9.56. The molecule has 0 spiro atoms. The lowest BCUT2D eigenvalue weighted by atomic mass is 9.99. The highest BCUT2D eigenvalue weighted by Crippen LogP contribution is 2.30. The summed E-state index contributed by atoms with van der Waals surface area (Å²) in [5, 5.41) is 8.42. The summed E-state index contributed by atoms with van der Waals surface area (Å²) in [6.07, 6.45) is 1.15. The van der Waals surface area contributed by atoms with E-state index in [4.69, 9.17) is 4.74 Å². The van der Waals surface area contributed by atoms with Crippen molar-refractivity contribution in [3.05, 3.63) is 54.1 Å². The van der Waals surface area contributed by atoms with E-state index in [9.17, 15) is 9.59 Å². The minimum atomic E-state index is -0.251. The van der Waals surface area contributed by atoms with Crippen LogP contribution in [0, 0.1) is 0 Å². The largest absolute Gasteiger partial charge is 0.482 e. The van der Waals surface area contributed by atoms with E-state index in [2.05, 4.69) is 45.1 Å². The van der Waals surface area contributed by atoms with Gasteiger partial charge in [0.2, 0.25) is 0 Å². The van der Waals surface area contributed by atoms with Crippen molar-refractivity contribution < 1.29 is 14.3 Å². The number of fused-ring (bicyclic) bond motifs is 1. The number of hydrogen-bond donors (Lipinski definition) is 3. The molecule has 0 bridgehead atoms. The molecule has 2 aliphatic rings. The Balaban J connectivity index is 1.21. The fourth-order valence-corrected chi connectivity index (χ4v) is 3.69. The van der Waals surface area contributed by atoms with Gasteiger partial charge in [0, 0.05) is 31.4 Å². The Kier molecular flexibility index (Phi) is 5.43. The van der Waals surface area contributed by atoms with Crippen molar-refractivity contribution >= 4 is 23.3 Å². The van der Waals surface area contributed by atoms with Gasteiger partial charge >= 0.3 is 6.03 Å². The molecule has 7 heteroatoms. The molecule has 0 aliphatic carbocycles. The summed E-state index contributed by atoms with van der Waals surface area (Å²) < 4.78 is 5.36. The Hall–Kier alpha value is -3.06. The number of nitrogens with zero attached hydrogens (tertiary/aromatic N) is 1. The van der Waals surface area contributed by atoms with E-state index >= 15 is 0 Å². The van der Waals surface area contributed by atoms with Crippen LogP contribution in [0.4, 0.5) is 16.2 Å². The fourth-order valence-electron chi connectivity index (χ4n) is 3.69. The maximum absolute atomic E-state index is 12.1. The predicted octanol–water partition coefficient (Wildman–Crippen LogP) is 2.63. The van der Waals surface area contributed by atoms with Crippen LogP contribution in [0.1, 0.15) is 17.9 Å². The van der Waals surface area contributed by atoms with Crippen LogP contribution in [0.3, 0.4) is 0 Å². The Labute approximate surface area is 164 Å².